The summed E-state index contributed by atoms with van der Waals surface area (Å²) in [5.74, 6) is 0.272. The average Bonchev–Trinajstić information content (AvgIpc) is 2.84. The highest BCUT2D eigenvalue weighted by atomic mass is 35.5. The maximum absolute atomic E-state index is 10.8. The van der Waals surface area contributed by atoms with Gasteiger partial charge in [0.1, 0.15) is 11.6 Å². The number of carboxylic acid groups (broad SMARTS) is 1. The predicted octanol–water partition coefficient (Wildman–Crippen LogP) is 3.07. The molecule has 2 aromatic rings. The Morgan fingerprint density at radius 3 is 3.00 bits per heavy atom. The van der Waals surface area contributed by atoms with Gasteiger partial charge >= 0.3 is 5.97 Å². The molecule has 1 atom stereocenters. The summed E-state index contributed by atoms with van der Waals surface area (Å²) < 4.78 is 5.25. The van der Waals surface area contributed by atoms with Crippen LogP contribution in [0.5, 0.6) is 0 Å². The molecule has 0 fully saturated rings. The number of pyridine rings is 1. The molecule has 100 valence electrons. The fraction of sp³-hybridized carbons (Fsp3) is 0.231. The van der Waals surface area contributed by atoms with Crippen LogP contribution in [0.4, 0.5) is 5.82 Å². The average molecular weight is 281 g/mol. The summed E-state index contributed by atoms with van der Waals surface area (Å²) in [5, 5.41) is 12.2. The highest BCUT2D eigenvalue weighted by Crippen LogP contribution is 2.21. The van der Waals surface area contributed by atoms with Crippen LogP contribution < -0.4 is 5.32 Å². The number of anilines is 1. The van der Waals surface area contributed by atoms with E-state index < -0.39 is 5.97 Å². The third-order valence-corrected chi connectivity index (χ3v) is 2.85. The van der Waals surface area contributed by atoms with Gasteiger partial charge in [-0.15, -0.1) is 0 Å². The molecule has 0 saturated carbocycles. The Hall–Kier alpha value is -2.01. The normalized spacial score (nSPS) is 12.1. The lowest BCUT2D eigenvalue weighted by molar-refractivity contribution is 0.0696. The quantitative estimate of drug-likeness (QED) is 0.880. The fourth-order valence-electron chi connectivity index (χ4n) is 1.68. The first-order valence-corrected chi connectivity index (χ1v) is 6.12. The lowest BCUT2D eigenvalue weighted by Gasteiger charge is -2.14. The first kappa shape index (κ1) is 13.4. The number of nitrogens with zero attached hydrogens (tertiary/aromatic N) is 1. The van der Waals surface area contributed by atoms with Crippen molar-refractivity contribution in [3.05, 3.63) is 47.0 Å². The van der Waals surface area contributed by atoms with E-state index in [2.05, 4.69) is 10.3 Å². The Balaban J connectivity index is 2.04. The molecule has 0 aliphatic carbocycles. The standard InChI is InChI=1S/C13H13ClN2O3/c1-8(5-10-3-2-4-19-10)16-12-11(14)6-9(7-15-12)13(17)18/h2-4,6-8H,5H2,1H3,(H,15,16)(H,17,18). The molecule has 2 heterocycles. The zero-order chi connectivity index (χ0) is 13.8. The van der Waals surface area contributed by atoms with Gasteiger partial charge in [0.15, 0.2) is 0 Å². The highest BCUT2D eigenvalue weighted by molar-refractivity contribution is 6.33. The van der Waals surface area contributed by atoms with E-state index in [4.69, 9.17) is 21.1 Å². The minimum atomic E-state index is -1.05. The lowest BCUT2D eigenvalue weighted by Crippen LogP contribution is -2.19. The number of carboxylic acids is 1. The van der Waals surface area contributed by atoms with E-state index in [-0.39, 0.29) is 16.6 Å². The van der Waals surface area contributed by atoms with Crippen molar-refractivity contribution in [2.75, 3.05) is 5.32 Å². The summed E-state index contributed by atoms with van der Waals surface area (Å²) in [7, 11) is 0. The third-order valence-electron chi connectivity index (χ3n) is 2.56. The monoisotopic (exact) mass is 280 g/mol. The van der Waals surface area contributed by atoms with Crippen LogP contribution in [0.15, 0.2) is 35.1 Å². The Kier molecular flexibility index (Phi) is 4.06. The van der Waals surface area contributed by atoms with Gasteiger partial charge in [0.05, 0.1) is 16.8 Å². The number of aromatic nitrogens is 1. The summed E-state index contributed by atoms with van der Waals surface area (Å²) in [6, 6.07) is 5.15. The van der Waals surface area contributed by atoms with Crippen LogP contribution in [-0.2, 0) is 6.42 Å². The van der Waals surface area contributed by atoms with Crippen molar-refractivity contribution in [1.29, 1.82) is 0 Å². The van der Waals surface area contributed by atoms with Gasteiger partial charge in [-0.05, 0) is 25.1 Å². The minimum absolute atomic E-state index is 0.0619. The molecule has 0 amide bonds. The van der Waals surface area contributed by atoms with E-state index in [1.807, 2.05) is 19.1 Å². The first-order valence-electron chi connectivity index (χ1n) is 5.74. The lowest BCUT2D eigenvalue weighted by atomic mass is 10.2. The van der Waals surface area contributed by atoms with Gasteiger partial charge in [-0.1, -0.05) is 11.6 Å². The van der Waals surface area contributed by atoms with Gasteiger partial charge in [-0.3, -0.25) is 0 Å². The summed E-state index contributed by atoms with van der Waals surface area (Å²) in [6.45, 7) is 1.96. The van der Waals surface area contributed by atoms with Gasteiger partial charge < -0.3 is 14.8 Å². The molecule has 0 aliphatic rings. The molecule has 0 spiro atoms. The second-order valence-corrected chi connectivity index (χ2v) is 4.60. The number of furan rings is 1. The maximum atomic E-state index is 10.8. The number of halogens is 1. The van der Waals surface area contributed by atoms with Crippen LogP contribution in [0.25, 0.3) is 0 Å². The molecule has 0 radical (unpaired) electrons. The number of carbonyl (C=O) groups is 1. The fourth-order valence-corrected chi connectivity index (χ4v) is 1.90. The van der Waals surface area contributed by atoms with Crippen molar-refractivity contribution >= 4 is 23.4 Å². The molecular formula is C13H13ClN2O3. The van der Waals surface area contributed by atoms with Crippen molar-refractivity contribution in [2.24, 2.45) is 0 Å². The van der Waals surface area contributed by atoms with Crippen molar-refractivity contribution in [2.45, 2.75) is 19.4 Å². The van der Waals surface area contributed by atoms with Crippen LogP contribution in [0.2, 0.25) is 5.02 Å². The summed E-state index contributed by atoms with van der Waals surface area (Å²) in [5.41, 5.74) is 0.0641. The Morgan fingerprint density at radius 2 is 2.42 bits per heavy atom. The van der Waals surface area contributed by atoms with Gasteiger partial charge in [-0.25, -0.2) is 9.78 Å². The molecule has 0 aliphatic heterocycles. The third kappa shape index (κ3) is 3.48. The van der Waals surface area contributed by atoms with E-state index in [1.54, 1.807) is 6.26 Å². The maximum Gasteiger partial charge on any atom is 0.337 e. The molecule has 0 aromatic carbocycles. The summed E-state index contributed by atoms with van der Waals surface area (Å²) >= 11 is 5.99. The second kappa shape index (κ2) is 5.75. The zero-order valence-electron chi connectivity index (χ0n) is 10.3. The van der Waals surface area contributed by atoms with Crippen molar-refractivity contribution in [1.82, 2.24) is 4.98 Å². The molecule has 5 nitrogen and oxygen atoms in total. The molecule has 0 saturated heterocycles. The van der Waals surface area contributed by atoms with E-state index in [1.165, 1.54) is 12.3 Å². The number of aromatic carboxylic acids is 1. The number of rotatable bonds is 5. The molecule has 6 heteroatoms. The molecule has 0 bridgehead atoms. The Bertz CT molecular complexity index is 569. The molecule has 2 rings (SSSR count). The first-order chi connectivity index (χ1) is 9.06. The summed E-state index contributed by atoms with van der Waals surface area (Å²) in [4.78, 5) is 14.8. The molecule has 1 unspecified atom stereocenters. The largest absolute Gasteiger partial charge is 0.478 e. The SMILES string of the molecule is CC(Cc1ccco1)Nc1ncc(C(=O)O)cc1Cl. The molecule has 2 N–H and O–H groups in total. The second-order valence-electron chi connectivity index (χ2n) is 4.19. The van der Waals surface area contributed by atoms with Crippen LogP contribution >= 0.6 is 11.6 Å². The van der Waals surface area contributed by atoms with E-state index in [0.717, 1.165) is 5.76 Å². The van der Waals surface area contributed by atoms with Gasteiger partial charge in [-0.2, -0.15) is 0 Å². The zero-order valence-corrected chi connectivity index (χ0v) is 11.0. The van der Waals surface area contributed by atoms with E-state index in [9.17, 15) is 4.79 Å². The van der Waals surface area contributed by atoms with Crippen molar-refractivity contribution in [3.63, 3.8) is 0 Å². The summed E-state index contributed by atoms with van der Waals surface area (Å²) in [6.07, 6.45) is 3.58. The number of hydrogen-bond donors (Lipinski definition) is 2. The minimum Gasteiger partial charge on any atom is -0.478 e. The number of hydrogen-bond acceptors (Lipinski definition) is 4. The van der Waals surface area contributed by atoms with Gasteiger partial charge in [0.25, 0.3) is 0 Å². The molecular weight excluding hydrogens is 268 g/mol. The Morgan fingerprint density at radius 1 is 1.63 bits per heavy atom. The Labute approximate surface area is 115 Å². The van der Waals surface area contributed by atoms with Crippen LogP contribution in [0, 0.1) is 0 Å². The topological polar surface area (TPSA) is 75.4 Å². The number of nitrogens with one attached hydrogen (secondary N) is 1. The van der Waals surface area contributed by atoms with Gasteiger partial charge in [0, 0.05) is 18.7 Å². The molecule has 19 heavy (non-hydrogen) atoms. The van der Waals surface area contributed by atoms with Crippen LogP contribution in [-0.4, -0.2) is 22.1 Å². The smallest absolute Gasteiger partial charge is 0.337 e. The van der Waals surface area contributed by atoms with Crippen LogP contribution in [0.1, 0.15) is 23.0 Å². The van der Waals surface area contributed by atoms with Crippen LogP contribution in [0.3, 0.4) is 0 Å². The molecule has 2 aromatic heterocycles. The van der Waals surface area contributed by atoms with Crippen molar-refractivity contribution in [3.8, 4) is 0 Å². The van der Waals surface area contributed by atoms with Gasteiger partial charge in [0.2, 0.25) is 0 Å². The highest BCUT2D eigenvalue weighted by Gasteiger charge is 2.11. The van der Waals surface area contributed by atoms with Crippen molar-refractivity contribution < 1.29 is 14.3 Å². The predicted molar refractivity (Wildman–Crippen MR) is 71.7 cm³/mol. The van der Waals surface area contributed by atoms with E-state index in [0.29, 0.717) is 12.2 Å². The van der Waals surface area contributed by atoms with E-state index >= 15 is 0 Å².